The molecule has 0 saturated carbocycles. The largest absolute Gasteiger partial charge is 0.465 e. The van der Waals surface area contributed by atoms with Crippen molar-refractivity contribution in [1.29, 1.82) is 0 Å². The van der Waals surface area contributed by atoms with Gasteiger partial charge in [0, 0.05) is 26.7 Å². The molecule has 3 rings (SSSR count). The lowest BCUT2D eigenvalue weighted by Crippen LogP contribution is -2.47. The molecule has 1 aromatic rings. The minimum absolute atomic E-state index is 0.293. The standard InChI is InChI=1S/C19H32N4O/c1-15-8-12-23(13-9-15)19(20-3)21-14-17(22-10-4-5-11-22)18-7-6-16(2)24-18/h6-7,15,17H,4-5,8-14H2,1-3H3,(H,20,21). The van der Waals surface area contributed by atoms with Gasteiger partial charge in [0.05, 0.1) is 6.04 Å². The van der Waals surface area contributed by atoms with E-state index in [0.29, 0.717) is 6.04 Å². The average molecular weight is 332 g/mol. The van der Waals surface area contributed by atoms with E-state index in [2.05, 4.69) is 39.2 Å². The normalized spacial score (nSPS) is 22.1. The van der Waals surface area contributed by atoms with Gasteiger partial charge in [-0.1, -0.05) is 6.92 Å². The average Bonchev–Trinajstić information content (AvgIpc) is 3.25. The second kappa shape index (κ2) is 8.06. The van der Waals surface area contributed by atoms with Crippen LogP contribution in [0.4, 0.5) is 0 Å². The summed E-state index contributed by atoms with van der Waals surface area (Å²) in [5, 5.41) is 3.61. The molecule has 3 heterocycles. The minimum atomic E-state index is 0.293. The molecule has 5 heteroatoms. The Balaban J connectivity index is 1.63. The Labute approximate surface area is 146 Å². The number of hydrogen-bond acceptors (Lipinski definition) is 3. The molecule has 1 aromatic heterocycles. The van der Waals surface area contributed by atoms with Crippen molar-refractivity contribution in [3.63, 3.8) is 0 Å². The second-order valence-corrected chi connectivity index (χ2v) is 7.30. The number of rotatable bonds is 4. The number of nitrogens with one attached hydrogen (secondary N) is 1. The second-order valence-electron chi connectivity index (χ2n) is 7.30. The first kappa shape index (κ1) is 17.3. The molecule has 0 aromatic carbocycles. The van der Waals surface area contributed by atoms with Gasteiger partial charge in [-0.15, -0.1) is 0 Å². The molecular weight excluding hydrogens is 300 g/mol. The molecule has 1 atom stereocenters. The van der Waals surface area contributed by atoms with Crippen LogP contribution in [0.5, 0.6) is 0 Å². The summed E-state index contributed by atoms with van der Waals surface area (Å²) in [5.41, 5.74) is 0. The van der Waals surface area contributed by atoms with Gasteiger partial charge in [-0.25, -0.2) is 0 Å². The van der Waals surface area contributed by atoms with E-state index in [1.165, 1.54) is 25.7 Å². The molecule has 0 radical (unpaired) electrons. The molecule has 134 valence electrons. The Morgan fingerprint density at radius 3 is 2.54 bits per heavy atom. The summed E-state index contributed by atoms with van der Waals surface area (Å²) >= 11 is 0. The van der Waals surface area contributed by atoms with Gasteiger partial charge in [0.15, 0.2) is 5.96 Å². The van der Waals surface area contributed by atoms with Crippen LogP contribution in [-0.4, -0.2) is 55.5 Å². The van der Waals surface area contributed by atoms with Crippen LogP contribution >= 0.6 is 0 Å². The van der Waals surface area contributed by atoms with Crippen LogP contribution in [0.1, 0.15) is 50.2 Å². The molecule has 2 aliphatic heterocycles. The molecule has 2 fully saturated rings. The number of aryl methyl sites for hydroxylation is 1. The van der Waals surface area contributed by atoms with Crippen molar-refractivity contribution in [3.05, 3.63) is 23.7 Å². The lowest BCUT2D eigenvalue weighted by Gasteiger charge is -2.34. The lowest BCUT2D eigenvalue weighted by atomic mass is 9.99. The number of nitrogens with zero attached hydrogens (tertiary/aromatic N) is 3. The molecule has 1 unspecified atom stereocenters. The maximum absolute atomic E-state index is 5.95. The summed E-state index contributed by atoms with van der Waals surface area (Å²) in [5.74, 6) is 3.94. The molecule has 1 N–H and O–H groups in total. The maximum Gasteiger partial charge on any atom is 0.193 e. The van der Waals surface area contributed by atoms with Crippen molar-refractivity contribution in [2.24, 2.45) is 10.9 Å². The summed E-state index contributed by atoms with van der Waals surface area (Å²) in [4.78, 5) is 9.45. The third-order valence-corrected chi connectivity index (χ3v) is 5.42. The molecule has 0 aliphatic carbocycles. The van der Waals surface area contributed by atoms with Crippen molar-refractivity contribution < 1.29 is 4.42 Å². The quantitative estimate of drug-likeness (QED) is 0.680. The van der Waals surface area contributed by atoms with Crippen molar-refractivity contribution >= 4 is 5.96 Å². The summed E-state index contributed by atoms with van der Waals surface area (Å²) in [6.07, 6.45) is 5.09. The first-order valence-electron chi connectivity index (χ1n) is 9.43. The fraction of sp³-hybridized carbons (Fsp3) is 0.737. The lowest BCUT2D eigenvalue weighted by molar-refractivity contribution is 0.210. The van der Waals surface area contributed by atoms with Crippen molar-refractivity contribution in [2.45, 2.75) is 45.6 Å². The minimum Gasteiger partial charge on any atom is -0.465 e. The van der Waals surface area contributed by atoms with E-state index in [1.807, 2.05) is 14.0 Å². The fourth-order valence-corrected chi connectivity index (χ4v) is 3.84. The van der Waals surface area contributed by atoms with Crippen LogP contribution in [0.2, 0.25) is 0 Å². The van der Waals surface area contributed by atoms with Gasteiger partial charge in [-0.05, 0) is 63.7 Å². The highest BCUT2D eigenvalue weighted by atomic mass is 16.3. The zero-order chi connectivity index (χ0) is 16.9. The third-order valence-electron chi connectivity index (χ3n) is 5.42. The van der Waals surface area contributed by atoms with Crippen LogP contribution in [0.25, 0.3) is 0 Å². The molecule has 2 aliphatic rings. The van der Waals surface area contributed by atoms with Crippen LogP contribution in [0.15, 0.2) is 21.5 Å². The predicted octanol–water partition coefficient (Wildman–Crippen LogP) is 3.03. The third kappa shape index (κ3) is 4.12. The summed E-state index contributed by atoms with van der Waals surface area (Å²) in [7, 11) is 1.89. The molecule has 0 amide bonds. The highest BCUT2D eigenvalue weighted by Crippen LogP contribution is 2.26. The summed E-state index contributed by atoms with van der Waals surface area (Å²) < 4.78 is 5.95. The maximum atomic E-state index is 5.95. The monoisotopic (exact) mass is 332 g/mol. The number of hydrogen-bond donors (Lipinski definition) is 1. The van der Waals surface area contributed by atoms with Gasteiger partial charge >= 0.3 is 0 Å². The first-order valence-corrected chi connectivity index (χ1v) is 9.43. The first-order chi connectivity index (χ1) is 11.7. The Bertz CT molecular complexity index is 539. The van der Waals surface area contributed by atoms with Gasteiger partial charge in [0.2, 0.25) is 0 Å². The summed E-state index contributed by atoms with van der Waals surface area (Å²) in [6, 6.07) is 4.49. The van der Waals surface area contributed by atoms with Crippen LogP contribution < -0.4 is 5.32 Å². The Hall–Kier alpha value is -1.49. The van der Waals surface area contributed by atoms with E-state index in [-0.39, 0.29) is 0 Å². The Morgan fingerprint density at radius 1 is 1.25 bits per heavy atom. The number of piperidine rings is 1. The van der Waals surface area contributed by atoms with Gasteiger partial charge in [-0.3, -0.25) is 9.89 Å². The number of guanidine groups is 1. The van der Waals surface area contributed by atoms with E-state index >= 15 is 0 Å². The van der Waals surface area contributed by atoms with E-state index in [0.717, 1.165) is 56.1 Å². The molecule has 24 heavy (non-hydrogen) atoms. The van der Waals surface area contributed by atoms with E-state index in [4.69, 9.17) is 4.42 Å². The number of aliphatic imine (C=N–C) groups is 1. The molecule has 0 bridgehead atoms. The smallest absolute Gasteiger partial charge is 0.193 e. The SMILES string of the molecule is CN=C(NCC(c1ccc(C)o1)N1CCCC1)N1CCC(C)CC1. The van der Waals surface area contributed by atoms with Gasteiger partial charge in [0.1, 0.15) is 11.5 Å². The number of likely N-dealkylation sites (tertiary alicyclic amines) is 2. The zero-order valence-electron chi connectivity index (χ0n) is 15.4. The van der Waals surface area contributed by atoms with E-state index in [9.17, 15) is 0 Å². The summed E-state index contributed by atoms with van der Waals surface area (Å²) in [6.45, 7) is 9.75. The van der Waals surface area contributed by atoms with E-state index in [1.54, 1.807) is 0 Å². The molecule has 5 nitrogen and oxygen atoms in total. The number of furan rings is 1. The van der Waals surface area contributed by atoms with Crippen LogP contribution in [-0.2, 0) is 0 Å². The molecular formula is C19H32N4O. The van der Waals surface area contributed by atoms with Gasteiger partial charge in [0.25, 0.3) is 0 Å². The van der Waals surface area contributed by atoms with Gasteiger partial charge in [-0.2, -0.15) is 0 Å². The highest BCUT2D eigenvalue weighted by molar-refractivity contribution is 5.80. The predicted molar refractivity (Wildman–Crippen MR) is 98.3 cm³/mol. The van der Waals surface area contributed by atoms with Crippen LogP contribution in [0, 0.1) is 12.8 Å². The molecule has 2 saturated heterocycles. The zero-order valence-corrected chi connectivity index (χ0v) is 15.4. The van der Waals surface area contributed by atoms with Crippen molar-refractivity contribution in [3.8, 4) is 0 Å². The Morgan fingerprint density at radius 2 is 1.96 bits per heavy atom. The fourth-order valence-electron chi connectivity index (χ4n) is 3.84. The van der Waals surface area contributed by atoms with Crippen LogP contribution in [0.3, 0.4) is 0 Å². The van der Waals surface area contributed by atoms with Crippen molar-refractivity contribution in [2.75, 3.05) is 39.8 Å². The topological polar surface area (TPSA) is 44.0 Å². The molecule has 0 spiro atoms. The Kier molecular flexibility index (Phi) is 5.82. The van der Waals surface area contributed by atoms with Gasteiger partial charge < -0.3 is 14.6 Å². The highest BCUT2D eigenvalue weighted by Gasteiger charge is 2.27. The van der Waals surface area contributed by atoms with Crippen molar-refractivity contribution in [1.82, 2.24) is 15.1 Å². The van der Waals surface area contributed by atoms with E-state index < -0.39 is 0 Å².